The Morgan fingerprint density at radius 1 is 1.04 bits per heavy atom. The zero-order chi connectivity index (χ0) is 18.4. The fourth-order valence-corrected chi connectivity index (χ4v) is 4.67. The minimum Gasteiger partial charge on any atom is -0.454 e. The number of aromatic nitrogens is 1. The van der Waals surface area contributed by atoms with Crippen molar-refractivity contribution in [3.05, 3.63) is 77.1 Å². The Bertz CT molecular complexity index is 1040. The van der Waals surface area contributed by atoms with Crippen molar-refractivity contribution in [2.24, 2.45) is 5.10 Å². The van der Waals surface area contributed by atoms with Gasteiger partial charge in [0, 0.05) is 34.3 Å². The fraction of sp³-hybridized carbons (Fsp3) is 0.190. The van der Waals surface area contributed by atoms with Gasteiger partial charge < -0.3 is 14.0 Å². The highest BCUT2D eigenvalue weighted by atomic mass is 32.2. The molecular formula is C21H19N3O2S. The first-order valence-corrected chi connectivity index (χ1v) is 9.73. The fourth-order valence-electron chi connectivity index (χ4n) is 3.60. The SMILES string of the molecule is Cc1cc([C@@H]2NN=C(c3ccccc3)S2)c(C)n1-c1ccc2c(c1)OCO2. The second kappa shape index (κ2) is 6.39. The van der Waals surface area contributed by atoms with E-state index in [1.165, 1.54) is 17.0 Å². The summed E-state index contributed by atoms with van der Waals surface area (Å²) in [5.74, 6) is 1.60. The van der Waals surface area contributed by atoms with Gasteiger partial charge in [0.05, 0.1) is 0 Å². The monoisotopic (exact) mass is 377 g/mol. The van der Waals surface area contributed by atoms with Crippen molar-refractivity contribution in [2.45, 2.75) is 19.2 Å². The number of aryl methyl sites for hydroxylation is 1. The molecule has 1 aromatic heterocycles. The van der Waals surface area contributed by atoms with Crippen LogP contribution in [0.4, 0.5) is 0 Å². The molecule has 1 N–H and O–H groups in total. The molecule has 0 bridgehead atoms. The molecule has 2 aliphatic rings. The third kappa shape index (κ3) is 2.77. The van der Waals surface area contributed by atoms with E-state index in [9.17, 15) is 0 Å². The molecule has 0 saturated heterocycles. The smallest absolute Gasteiger partial charge is 0.231 e. The van der Waals surface area contributed by atoms with Gasteiger partial charge in [0.2, 0.25) is 6.79 Å². The Morgan fingerprint density at radius 2 is 1.85 bits per heavy atom. The number of nitrogens with zero attached hydrogens (tertiary/aromatic N) is 2. The molecule has 5 rings (SSSR count). The number of hydrogen-bond donors (Lipinski definition) is 1. The zero-order valence-electron chi connectivity index (χ0n) is 15.1. The van der Waals surface area contributed by atoms with Crippen molar-refractivity contribution in [3.8, 4) is 17.2 Å². The summed E-state index contributed by atoms with van der Waals surface area (Å²) in [7, 11) is 0. The molecule has 6 heteroatoms. The number of nitrogens with one attached hydrogen (secondary N) is 1. The number of fused-ring (bicyclic) bond motifs is 1. The summed E-state index contributed by atoms with van der Waals surface area (Å²) >= 11 is 1.75. The highest BCUT2D eigenvalue weighted by molar-refractivity contribution is 8.14. The summed E-state index contributed by atoms with van der Waals surface area (Å²) in [4.78, 5) is 0. The van der Waals surface area contributed by atoms with Crippen LogP contribution < -0.4 is 14.9 Å². The third-order valence-electron chi connectivity index (χ3n) is 4.90. The van der Waals surface area contributed by atoms with Crippen LogP contribution in [0.1, 0.15) is 27.9 Å². The summed E-state index contributed by atoms with van der Waals surface area (Å²) in [6, 6.07) is 18.6. The molecule has 2 aliphatic heterocycles. The maximum atomic E-state index is 5.54. The topological polar surface area (TPSA) is 47.8 Å². The molecule has 136 valence electrons. The van der Waals surface area contributed by atoms with E-state index in [0.717, 1.165) is 27.8 Å². The molecule has 0 aliphatic carbocycles. The molecule has 2 aromatic carbocycles. The largest absolute Gasteiger partial charge is 0.454 e. The van der Waals surface area contributed by atoms with E-state index < -0.39 is 0 Å². The van der Waals surface area contributed by atoms with Gasteiger partial charge in [-0.25, -0.2) is 0 Å². The van der Waals surface area contributed by atoms with Crippen LogP contribution in [0.15, 0.2) is 59.7 Å². The number of benzene rings is 2. The van der Waals surface area contributed by atoms with Crippen LogP contribution in [0.5, 0.6) is 11.5 Å². The van der Waals surface area contributed by atoms with Gasteiger partial charge in [0.1, 0.15) is 10.4 Å². The van der Waals surface area contributed by atoms with Crippen molar-refractivity contribution in [1.82, 2.24) is 9.99 Å². The minimum absolute atomic E-state index is 0.106. The van der Waals surface area contributed by atoms with Gasteiger partial charge in [0.25, 0.3) is 0 Å². The molecule has 0 fully saturated rings. The van der Waals surface area contributed by atoms with Crippen molar-refractivity contribution in [3.63, 3.8) is 0 Å². The lowest BCUT2D eigenvalue weighted by atomic mass is 10.2. The summed E-state index contributed by atoms with van der Waals surface area (Å²) in [5, 5.41) is 5.68. The van der Waals surface area contributed by atoms with E-state index >= 15 is 0 Å². The number of hydrazone groups is 1. The molecule has 1 atom stereocenters. The van der Waals surface area contributed by atoms with Crippen molar-refractivity contribution in [1.29, 1.82) is 0 Å². The van der Waals surface area contributed by atoms with Crippen LogP contribution in [0.2, 0.25) is 0 Å². The Hall–Kier alpha value is -2.86. The molecule has 0 amide bonds. The predicted molar refractivity (Wildman–Crippen MR) is 108 cm³/mol. The lowest BCUT2D eigenvalue weighted by molar-refractivity contribution is 0.174. The van der Waals surface area contributed by atoms with E-state index in [1.54, 1.807) is 11.8 Å². The Balaban J connectivity index is 1.45. The van der Waals surface area contributed by atoms with Crippen LogP contribution in [0.25, 0.3) is 5.69 Å². The van der Waals surface area contributed by atoms with Crippen molar-refractivity contribution >= 4 is 16.8 Å². The van der Waals surface area contributed by atoms with Crippen LogP contribution in [0.3, 0.4) is 0 Å². The second-order valence-corrected chi connectivity index (χ2v) is 7.70. The highest BCUT2D eigenvalue weighted by Gasteiger charge is 2.26. The maximum Gasteiger partial charge on any atom is 0.231 e. The number of thioether (sulfide) groups is 1. The van der Waals surface area contributed by atoms with Crippen LogP contribution in [0, 0.1) is 13.8 Å². The van der Waals surface area contributed by atoms with E-state index in [2.05, 4.69) is 53.2 Å². The van der Waals surface area contributed by atoms with Gasteiger partial charge in [0.15, 0.2) is 11.5 Å². The summed E-state index contributed by atoms with van der Waals surface area (Å²) in [6.45, 7) is 4.56. The first-order chi connectivity index (χ1) is 13.2. The first kappa shape index (κ1) is 16.3. The molecule has 3 aromatic rings. The van der Waals surface area contributed by atoms with Crippen LogP contribution in [-0.2, 0) is 0 Å². The normalized spacial score (nSPS) is 17.7. The number of rotatable bonds is 3. The van der Waals surface area contributed by atoms with Gasteiger partial charge in [-0.2, -0.15) is 5.10 Å². The van der Waals surface area contributed by atoms with E-state index in [1.807, 2.05) is 30.3 Å². The molecule has 5 nitrogen and oxygen atoms in total. The lowest BCUT2D eigenvalue weighted by Crippen LogP contribution is -2.08. The number of ether oxygens (including phenoxy) is 2. The molecule has 3 heterocycles. The third-order valence-corrected chi connectivity index (χ3v) is 6.05. The first-order valence-electron chi connectivity index (χ1n) is 8.85. The van der Waals surface area contributed by atoms with Crippen LogP contribution >= 0.6 is 11.8 Å². The summed E-state index contributed by atoms with van der Waals surface area (Å²) in [6.07, 6.45) is 0. The van der Waals surface area contributed by atoms with E-state index in [0.29, 0.717) is 0 Å². The van der Waals surface area contributed by atoms with Gasteiger partial charge in [-0.1, -0.05) is 42.1 Å². The van der Waals surface area contributed by atoms with Gasteiger partial charge in [-0.3, -0.25) is 5.43 Å². The zero-order valence-corrected chi connectivity index (χ0v) is 15.9. The van der Waals surface area contributed by atoms with Gasteiger partial charge in [-0.15, -0.1) is 0 Å². The van der Waals surface area contributed by atoms with E-state index in [-0.39, 0.29) is 12.2 Å². The minimum atomic E-state index is 0.106. The molecule has 0 radical (unpaired) electrons. The lowest BCUT2D eigenvalue weighted by Gasteiger charge is -2.13. The van der Waals surface area contributed by atoms with Gasteiger partial charge >= 0.3 is 0 Å². The average molecular weight is 377 g/mol. The van der Waals surface area contributed by atoms with Crippen LogP contribution in [-0.4, -0.2) is 16.4 Å². The van der Waals surface area contributed by atoms with Crippen molar-refractivity contribution < 1.29 is 9.47 Å². The molecular weight excluding hydrogens is 358 g/mol. The summed E-state index contributed by atoms with van der Waals surface area (Å²) < 4.78 is 13.2. The molecule has 0 spiro atoms. The van der Waals surface area contributed by atoms with Gasteiger partial charge in [-0.05, 0) is 32.0 Å². The maximum absolute atomic E-state index is 5.54. The highest BCUT2D eigenvalue weighted by Crippen LogP contribution is 2.39. The quantitative estimate of drug-likeness (QED) is 0.729. The Morgan fingerprint density at radius 3 is 2.70 bits per heavy atom. The van der Waals surface area contributed by atoms with Crippen molar-refractivity contribution in [2.75, 3.05) is 6.79 Å². The Kier molecular flexibility index (Phi) is 3.86. The molecule has 0 saturated carbocycles. The molecule has 0 unspecified atom stereocenters. The predicted octanol–water partition coefficient (Wildman–Crippen LogP) is 4.52. The standard InChI is InChI=1S/C21H19N3O2S/c1-13-10-17(21-23-22-20(27-21)15-6-4-3-5-7-15)14(2)24(13)16-8-9-18-19(11-16)26-12-25-18/h3-11,21,23H,12H2,1-2H3/t21-/m1/s1. The van der Waals surface area contributed by atoms with E-state index in [4.69, 9.17) is 9.47 Å². The Labute approximate surface area is 162 Å². The number of hydrogen-bond acceptors (Lipinski definition) is 5. The summed E-state index contributed by atoms with van der Waals surface area (Å²) in [5.41, 5.74) is 9.12. The second-order valence-electron chi connectivity index (χ2n) is 6.61. The molecule has 27 heavy (non-hydrogen) atoms. The average Bonchev–Trinajstić information content (AvgIpc) is 3.41.